The smallest absolute Gasteiger partial charge is 0.0827 e. The molecule has 0 spiro atoms. The fourth-order valence-corrected chi connectivity index (χ4v) is 4.96. The SMILES string of the molecule is c1ccc2c(c1)SCCC2NCC1CN2CCCC2CO1. The van der Waals surface area contributed by atoms with E-state index in [1.807, 2.05) is 11.8 Å². The van der Waals surface area contributed by atoms with Gasteiger partial charge in [-0.25, -0.2) is 0 Å². The molecule has 3 unspecified atom stereocenters. The van der Waals surface area contributed by atoms with Crippen LogP contribution in [-0.4, -0.2) is 49.0 Å². The summed E-state index contributed by atoms with van der Waals surface area (Å²) in [6, 6.07) is 10.0. The van der Waals surface area contributed by atoms with E-state index in [4.69, 9.17) is 4.74 Å². The molecule has 0 aromatic heterocycles. The van der Waals surface area contributed by atoms with Gasteiger partial charge in [0.1, 0.15) is 0 Å². The van der Waals surface area contributed by atoms with E-state index in [-0.39, 0.29) is 0 Å². The lowest BCUT2D eigenvalue weighted by Gasteiger charge is -2.36. The highest BCUT2D eigenvalue weighted by Gasteiger charge is 2.32. The molecule has 1 aromatic rings. The summed E-state index contributed by atoms with van der Waals surface area (Å²) in [5.41, 5.74) is 1.48. The number of hydrogen-bond donors (Lipinski definition) is 1. The van der Waals surface area contributed by atoms with Crippen LogP contribution in [0.4, 0.5) is 0 Å². The molecule has 2 saturated heterocycles. The van der Waals surface area contributed by atoms with Crippen LogP contribution in [0.2, 0.25) is 0 Å². The minimum Gasteiger partial charge on any atom is -0.374 e. The molecule has 3 atom stereocenters. The van der Waals surface area contributed by atoms with Crippen molar-refractivity contribution in [1.82, 2.24) is 10.2 Å². The predicted molar refractivity (Wildman–Crippen MR) is 86.9 cm³/mol. The average Bonchev–Trinajstić information content (AvgIpc) is 3.00. The summed E-state index contributed by atoms with van der Waals surface area (Å²) in [5.74, 6) is 1.22. The topological polar surface area (TPSA) is 24.5 Å². The molecular weight excluding hydrogens is 280 g/mol. The minimum absolute atomic E-state index is 0.362. The molecule has 2 fully saturated rings. The van der Waals surface area contributed by atoms with E-state index in [1.165, 1.54) is 42.0 Å². The van der Waals surface area contributed by atoms with Crippen LogP contribution in [0.5, 0.6) is 0 Å². The molecule has 4 heteroatoms. The van der Waals surface area contributed by atoms with Gasteiger partial charge in [-0.05, 0) is 43.2 Å². The Labute approximate surface area is 131 Å². The number of benzene rings is 1. The van der Waals surface area contributed by atoms with Gasteiger partial charge in [0.15, 0.2) is 0 Å². The highest BCUT2D eigenvalue weighted by atomic mass is 32.2. The Kier molecular flexibility index (Phi) is 4.21. The van der Waals surface area contributed by atoms with Crippen LogP contribution in [0.25, 0.3) is 0 Å². The number of morpholine rings is 1. The molecule has 1 N–H and O–H groups in total. The monoisotopic (exact) mass is 304 g/mol. The highest BCUT2D eigenvalue weighted by Crippen LogP contribution is 2.35. The molecule has 0 radical (unpaired) electrons. The fourth-order valence-electron chi connectivity index (χ4n) is 3.84. The third kappa shape index (κ3) is 3.00. The summed E-state index contributed by atoms with van der Waals surface area (Å²) in [4.78, 5) is 4.07. The number of nitrogens with zero attached hydrogens (tertiary/aromatic N) is 1. The number of fused-ring (bicyclic) bond motifs is 2. The van der Waals surface area contributed by atoms with Crippen molar-refractivity contribution in [2.75, 3.05) is 32.0 Å². The average molecular weight is 304 g/mol. The summed E-state index contributed by atoms with van der Waals surface area (Å²) >= 11 is 1.99. The first kappa shape index (κ1) is 14.1. The molecule has 0 amide bonds. The van der Waals surface area contributed by atoms with Gasteiger partial charge in [0, 0.05) is 30.1 Å². The number of thioether (sulfide) groups is 1. The zero-order valence-electron chi connectivity index (χ0n) is 12.5. The Morgan fingerprint density at radius 3 is 3.24 bits per heavy atom. The molecule has 114 valence electrons. The normalized spacial score (nSPS) is 32.7. The zero-order chi connectivity index (χ0) is 14.1. The molecular formula is C17H24N2OS. The van der Waals surface area contributed by atoms with Gasteiger partial charge in [-0.2, -0.15) is 0 Å². The molecule has 3 heterocycles. The molecule has 21 heavy (non-hydrogen) atoms. The van der Waals surface area contributed by atoms with Gasteiger partial charge in [-0.1, -0.05) is 18.2 Å². The predicted octanol–water partition coefficient (Wildman–Crippen LogP) is 2.68. The minimum atomic E-state index is 0.362. The molecule has 1 aromatic carbocycles. The Morgan fingerprint density at radius 1 is 1.29 bits per heavy atom. The summed E-state index contributed by atoms with van der Waals surface area (Å²) in [6.45, 7) is 4.30. The molecule has 0 bridgehead atoms. The molecule has 0 saturated carbocycles. The van der Waals surface area contributed by atoms with Gasteiger partial charge in [0.2, 0.25) is 0 Å². The standard InChI is InChI=1S/C17H24N2OS/c1-2-6-17-15(5-1)16(7-9-21-17)18-10-14-11-19-8-3-4-13(19)12-20-14/h1-2,5-6,13-14,16,18H,3-4,7-12H2. The lowest BCUT2D eigenvalue weighted by Crippen LogP contribution is -2.49. The summed E-state index contributed by atoms with van der Waals surface area (Å²) in [6.07, 6.45) is 4.26. The van der Waals surface area contributed by atoms with E-state index in [1.54, 1.807) is 0 Å². The van der Waals surface area contributed by atoms with E-state index < -0.39 is 0 Å². The van der Waals surface area contributed by atoms with Crippen molar-refractivity contribution in [2.24, 2.45) is 0 Å². The van der Waals surface area contributed by atoms with E-state index in [2.05, 4.69) is 34.5 Å². The fraction of sp³-hybridized carbons (Fsp3) is 0.647. The second kappa shape index (κ2) is 6.29. The summed E-state index contributed by atoms with van der Waals surface area (Å²) in [5, 5.41) is 3.76. The van der Waals surface area contributed by atoms with Gasteiger partial charge >= 0.3 is 0 Å². The van der Waals surface area contributed by atoms with Crippen molar-refractivity contribution in [2.45, 2.75) is 42.3 Å². The number of hydrogen-bond acceptors (Lipinski definition) is 4. The highest BCUT2D eigenvalue weighted by molar-refractivity contribution is 7.99. The quantitative estimate of drug-likeness (QED) is 0.928. The lowest BCUT2D eigenvalue weighted by molar-refractivity contribution is -0.0479. The summed E-state index contributed by atoms with van der Waals surface area (Å²) < 4.78 is 6.06. The Morgan fingerprint density at radius 2 is 2.24 bits per heavy atom. The van der Waals surface area contributed by atoms with Crippen molar-refractivity contribution >= 4 is 11.8 Å². The summed E-state index contributed by atoms with van der Waals surface area (Å²) in [7, 11) is 0. The number of nitrogens with one attached hydrogen (secondary N) is 1. The molecule has 3 aliphatic heterocycles. The van der Waals surface area contributed by atoms with E-state index in [9.17, 15) is 0 Å². The first-order chi connectivity index (χ1) is 10.4. The zero-order valence-corrected chi connectivity index (χ0v) is 13.3. The number of ether oxygens (including phenoxy) is 1. The lowest BCUT2D eigenvalue weighted by atomic mass is 10.0. The first-order valence-corrected chi connectivity index (χ1v) is 9.19. The third-order valence-electron chi connectivity index (χ3n) is 5.01. The molecule has 4 rings (SSSR count). The van der Waals surface area contributed by atoms with E-state index in [0.29, 0.717) is 18.2 Å². The molecule has 3 aliphatic rings. The Balaban J connectivity index is 1.35. The van der Waals surface area contributed by atoms with Crippen LogP contribution in [0.3, 0.4) is 0 Å². The van der Waals surface area contributed by atoms with Crippen LogP contribution < -0.4 is 5.32 Å². The second-order valence-corrected chi connectivity index (χ2v) is 7.52. The van der Waals surface area contributed by atoms with Gasteiger partial charge in [-0.3, -0.25) is 4.90 Å². The Bertz CT molecular complexity index is 495. The van der Waals surface area contributed by atoms with Crippen LogP contribution >= 0.6 is 11.8 Å². The maximum atomic E-state index is 6.06. The van der Waals surface area contributed by atoms with Crippen molar-refractivity contribution in [3.8, 4) is 0 Å². The maximum absolute atomic E-state index is 6.06. The van der Waals surface area contributed by atoms with E-state index >= 15 is 0 Å². The molecule has 3 nitrogen and oxygen atoms in total. The van der Waals surface area contributed by atoms with Crippen molar-refractivity contribution in [3.05, 3.63) is 29.8 Å². The Hall–Kier alpha value is -0.550. The molecule has 0 aliphatic carbocycles. The third-order valence-corrected chi connectivity index (χ3v) is 6.13. The van der Waals surface area contributed by atoms with Crippen molar-refractivity contribution in [3.63, 3.8) is 0 Å². The van der Waals surface area contributed by atoms with Crippen LogP contribution in [0.1, 0.15) is 30.9 Å². The van der Waals surface area contributed by atoms with Crippen LogP contribution in [0.15, 0.2) is 29.2 Å². The largest absolute Gasteiger partial charge is 0.374 e. The van der Waals surface area contributed by atoms with Crippen molar-refractivity contribution < 1.29 is 4.74 Å². The second-order valence-electron chi connectivity index (χ2n) is 6.38. The number of rotatable bonds is 3. The van der Waals surface area contributed by atoms with Crippen LogP contribution in [0, 0.1) is 0 Å². The first-order valence-electron chi connectivity index (χ1n) is 8.21. The van der Waals surface area contributed by atoms with Gasteiger partial charge in [0.25, 0.3) is 0 Å². The van der Waals surface area contributed by atoms with Crippen molar-refractivity contribution in [1.29, 1.82) is 0 Å². The van der Waals surface area contributed by atoms with Crippen LogP contribution in [-0.2, 0) is 4.74 Å². The maximum Gasteiger partial charge on any atom is 0.0827 e. The van der Waals surface area contributed by atoms with Gasteiger partial charge in [0.05, 0.1) is 12.7 Å². The van der Waals surface area contributed by atoms with E-state index in [0.717, 1.165) is 19.7 Å². The van der Waals surface area contributed by atoms with Gasteiger partial charge < -0.3 is 10.1 Å². The van der Waals surface area contributed by atoms with Gasteiger partial charge in [-0.15, -0.1) is 11.8 Å².